The molecule has 1 aliphatic carbocycles. The van der Waals surface area contributed by atoms with Crippen LogP contribution in [0.1, 0.15) is 56.0 Å². The summed E-state index contributed by atoms with van der Waals surface area (Å²) in [5, 5.41) is 20.2. The number of carbonyl (C=O) groups is 2. The molecule has 46 heavy (non-hydrogen) atoms. The zero-order valence-corrected chi connectivity index (χ0v) is 25.4. The Balaban J connectivity index is 1.69. The van der Waals surface area contributed by atoms with E-state index in [-0.39, 0.29) is 51.1 Å². The number of hydrogen-bond acceptors (Lipinski definition) is 7. The van der Waals surface area contributed by atoms with Gasteiger partial charge in [0, 0.05) is 25.5 Å². The number of nitrogens with one attached hydrogen (secondary N) is 1. The number of rotatable bonds is 9. The van der Waals surface area contributed by atoms with E-state index < -0.39 is 60.4 Å². The van der Waals surface area contributed by atoms with Gasteiger partial charge in [0.25, 0.3) is 11.8 Å². The first kappa shape index (κ1) is 32.6. The van der Waals surface area contributed by atoms with E-state index in [9.17, 15) is 33.6 Å². The quantitative estimate of drug-likeness (QED) is 0.175. The highest BCUT2D eigenvalue weighted by Gasteiger charge is 2.52. The number of ether oxygens (including phenoxy) is 1. The average Bonchev–Trinajstić information content (AvgIpc) is 2.98. The summed E-state index contributed by atoms with van der Waals surface area (Å²) < 4.78 is 47.9. The molecule has 15 heteroatoms. The van der Waals surface area contributed by atoms with Crippen LogP contribution >= 0.6 is 11.6 Å². The van der Waals surface area contributed by atoms with Crippen LogP contribution in [-0.4, -0.2) is 51.6 Å². The molecule has 2 N–H and O–H groups in total. The first-order valence-electron chi connectivity index (χ1n) is 14.2. The number of hydrazine groups is 1. The predicted octanol–water partition coefficient (Wildman–Crippen LogP) is 5.50. The van der Waals surface area contributed by atoms with Crippen molar-refractivity contribution in [2.24, 2.45) is 0 Å². The Hall–Kier alpha value is -4.74. The molecule has 3 aromatic rings. The van der Waals surface area contributed by atoms with Crippen LogP contribution in [0.2, 0.25) is 5.02 Å². The van der Waals surface area contributed by atoms with Crippen molar-refractivity contribution in [1.82, 2.24) is 10.4 Å². The summed E-state index contributed by atoms with van der Waals surface area (Å²) >= 11 is 6.54. The Morgan fingerprint density at radius 3 is 2.63 bits per heavy atom. The van der Waals surface area contributed by atoms with Gasteiger partial charge in [-0.1, -0.05) is 23.7 Å². The third-order valence-corrected chi connectivity index (χ3v) is 8.03. The fourth-order valence-corrected chi connectivity index (χ4v) is 5.60. The maximum atomic E-state index is 15.2. The van der Waals surface area contributed by atoms with Crippen molar-refractivity contribution in [2.45, 2.75) is 62.9 Å². The van der Waals surface area contributed by atoms with Crippen molar-refractivity contribution in [3.8, 4) is 6.07 Å². The molecular weight excluding hydrogens is 629 g/mol. The summed E-state index contributed by atoms with van der Waals surface area (Å²) in [7, 11) is 0. The van der Waals surface area contributed by atoms with Crippen molar-refractivity contribution < 1.29 is 37.5 Å². The van der Waals surface area contributed by atoms with Gasteiger partial charge in [-0.25, -0.2) is 32.7 Å². The highest BCUT2D eigenvalue weighted by molar-refractivity contribution is 6.31. The Morgan fingerprint density at radius 1 is 1.26 bits per heavy atom. The van der Waals surface area contributed by atoms with Crippen molar-refractivity contribution >= 4 is 35.1 Å². The van der Waals surface area contributed by atoms with E-state index in [1.807, 2.05) is 6.07 Å². The molecule has 1 aromatic heterocycles. The highest BCUT2D eigenvalue weighted by atomic mass is 35.5. The molecule has 2 unspecified atom stereocenters. The van der Waals surface area contributed by atoms with Crippen LogP contribution in [0.4, 0.5) is 29.5 Å². The van der Waals surface area contributed by atoms with Gasteiger partial charge < -0.3 is 9.84 Å². The molecular formula is C31H29ClF3N6O5+. The van der Waals surface area contributed by atoms with E-state index in [1.54, 1.807) is 6.07 Å². The molecule has 240 valence electrons. The molecule has 1 saturated carbocycles. The maximum absolute atomic E-state index is 15.2. The number of anilines is 2. The van der Waals surface area contributed by atoms with Crippen LogP contribution in [0.3, 0.4) is 0 Å². The Bertz CT molecular complexity index is 1720. The van der Waals surface area contributed by atoms with Crippen LogP contribution in [0.25, 0.3) is 0 Å². The number of alkyl halides is 2. The molecule has 11 nitrogen and oxygen atoms in total. The lowest BCUT2D eigenvalue weighted by atomic mass is 9.89. The largest absolute Gasteiger partial charge is 0.449 e. The molecule has 2 atom stereocenters. The lowest BCUT2D eigenvalue weighted by Crippen LogP contribution is -2.59. The molecule has 0 bridgehead atoms. The van der Waals surface area contributed by atoms with E-state index in [0.29, 0.717) is 0 Å². The number of cyclic esters (lactones) is 1. The smallest absolute Gasteiger partial charge is 0.416 e. The van der Waals surface area contributed by atoms with Crippen LogP contribution in [0.15, 0.2) is 60.8 Å². The molecule has 1 saturated heterocycles. The standard InChI is InChI=1S/C31H29ClF3N6O5/c1-30(2,44)19-12-20(33)14-22(13-19)39(27(23-5-3-4-6-24(23)32)41(45)38-21-15-31(34,35)16-21)28(42)25-8-10-46-29(43)40(25)26-11-18(17-36)7-9-37-26/h3-7,9,11-14,21,25,27,44H,8,10,15-16H2,1-2H3,(H,38,45)/q+1. The van der Waals surface area contributed by atoms with Crippen molar-refractivity contribution in [1.29, 1.82) is 5.26 Å². The van der Waals surface area contributed by atoms with Gasteiger partial charge in [0.1, 0.15) is 22.5 Å². The van der Waals surface area contributed by atoms with Crippen LogP contribution in [-0.2, 0) is 15.1 Å². The minimum Gasteiger partial charge on any atom is -0.449 e. The van der Waals surface area contributed by atoms with Gasteiger partial charge in [-0.3, -0.25) is 4.79 Å². The van der Waals surface area contributed by atoms with Gasteiger partial charge in [0.15, 0.2) is 0 Å². The molecule has 0 spiro atoms. The number of carbonyl (C=O) groups excluding carboxylic acids is 2. The molecule has 2 aliphatic rings. The molecule has 2 amide bonds. The van der Waals surface area contributed by atoms with Crippen LogP contribution < -0.4 is 15.2 Å². The maximum Gasteiger partial charge on any atom is 0.416 e. The number of amides is 2. The second-order valence-corrected chi connectivity index (χ2v) is 12.0. The highest BCUT2D eigenvalue weighted by Crippen LogP contribution is 2.40. The molecule has 2 fully saturated rings. The number of nitriles is 1. The third-order valence-electron chi connectivity index (χ3n) is 7.69. The van der Waals surface area contributed by atoms with Gasteiger partial charge >= 0.3 is 12.3 Å². The lowest BCUT2D eigenvalue weighted by Gasteiger charge is -2.38. The summed E-state index contributed by atoms with van der Waals surface area (Å²) in [5.74, 6) is -4.86. The minimum atomic E-state index is -2.98. The summed E-state index contributed by atoms with van der Waals surface area (Å²) in [6.07, 6.45) is -2.82. The fraction of sp³-hybridized carbons (Fsp3) is 0.355. The number of aromatic nitrogens is 1. The number of nitrogens with zero attached hydrogens (tertiary/aromatic N) is 5. The number of nitroso groups, excluding NO2 is 1. The monoisotopic (exact) mass is 657 g/mol. The van der Waals surface area contributed by atoms with Crippen LogP contribution in [0, 0.1) is 22.1 Å². The zero-order chi connectivity index (χ0) is 33.4. The summed E-state index contributed by atoms with van der Waals surface area (Å²) in [6, 6.07) is 11.6. The fourth-order valence-electron chi connectivity index (χ4n) is 5.36. The summed E-state index contributed by atoms with van der Waals surface area (Å²) in [5.41, 5.74) is 0.911. The average molecular weight is 658 g/mol. The van der Waals surface area contributed by atoms with E-state index in [2.05, 4.69) is 10.4 Å². The normalized spacial score (nSPS) is 18.5. The van der Waals surface area contributed by atoms with Gasteiger partial charge in [0.2, 0.25) is 0 Å². The van der Waals surface area contributed by atoms with Gasteiger partial charge in [-0.15, -0.1) is 5.43 Å². The van der Waals surface area contributed by atoms with E-state index >= 15 is 4.39 Å². The molecule has 2 heterocycles. The number of pyridine rings is 1. The van der Waals surface area contributed by atoms with E-state index in [1.165, 1.54) is 56.4 Å². The van der Waals surface area contributed by atoms with E-state index in [0.717, 1.165) is 21.9 Å². The second-order valence-electron chi connectivity index (χ2n) is 11.6. The molecule has 5 rings (SSSR count). The minimum absolute atomic E-state index is 0.0225. The Morgan fingerprint density at radius 2 is 1.98 bits per heavy atom. The van der Waals surface area contributed by atoms with Gasteiger partial charge in [0.05, 0.1) is 51.1 Å². The summed E-state index contributed by atoms with van der Waals surface area (Å²) in [6.45, 7) is 2.59. The molecule has 1 aliphatic heterocycles. The number of halogens is 4. The zero-order valence-electron chi connectivity index (χ0n) is 24.7. The van der Waals surface area contributed by atoms with Crippen molar-refractivity contribution in [2.75, 3.05) is 16.4 Å². The van der Waals surface area contributed by atoms with Crippen LogP contribution in [0.5, 0.6) is 0 Å². The first-order valence-corrected chi connectivity index (χ1v) is 14.6. The number of hydrogen-bond donors (Lipinski definition) is 2. The third kappa shape index (κ3) is 6.75. The van der Waals surface area contributed by atoms with Gasteiger partial charge in [-0.05, 0) is 61.9 Å². The molecule has 2 aromatic carbocycles. The predicted molar refractivity (Wildman–Crippen MR) is 159 cm³/mol. The Kier molecular flexibility index (Phi) is 8.92. The van der Waals surface area contributed by atoms with E-state index in [4.69, 9.17) is 16.3 Å². The summed E-state index contributed by atoms with van der Waals surface area (Å²) in [4.78, 5) is 48.1. The number of benzene rings is 2. The van der Waals surface area contributed by atoms with Crippen molar-refractivity contribution in [3.63, 3.8) is 0 Å². The topological polar surface area (TPSA) is 139 Å². The lowest BCUT2D eigenvalue weighted by molar-refractivity contribution is -0.653. The molecule has 0 radical (unpaired) electrons. The number of aliphatic hydroxyl groups is 1. The Labute approximate surface area is 266 Å². The SMILES string of the molecule is CC(C)(O)c1cc(F)cc(N(C(=O)C2CCOC(=O)N2c2cc(C#N)ccn2)C(c2ccccc2Cl)[N+](=O)NC2CC(F)(F)C2)c1. The van der Waals surface area contributed by atoms with Crippen molar-refractivity contribution in [3.05, 3.63) is 93.2 Å². The van der Waals surface area contributed by atoms with Gasteiger partial charge in [-0.2, -0.15) is 5.26 Å². The first-order chi connectivity index (χ1) is 21.7. The second kappa shape index (κ2) is 12.6.